The highest BCUT2D eigenvalue weighted by molar-refractivity contribution is 8.76. The smallest absolute Gasteiger partial charge is 0.326 e. The maximum atomic E-state index is 11.6. The zero-order chi connectivity index (χ0) is 30.0. The largest absolute Gasteiger partial charge is 0.480 e. The molecule has 0 amide bonds. The van der Waals surface area contributed by atoms with Gasteiger partial charge in [0.25, 0.3) is 22.7 Å². The van der Waals surface area contributed by atoms with Crippen LogP contribution in [0.3, 0.4) is 0 Å². The number of nitrogens with one attached hydrogen (secondary N) is 2. The minimum atomic E-state index is -1.32. The van der Waals surface area contributed by atoms with Crippen molar-refractivity contribution >= 4 is 67.7 Å². The Morgan fingerprint density at radius 1 is 0.675 bits per heavy atom. The third-order valence-electron chi connectivity index (χ3n) is 5.10. The molecule has 4 N–H and O–H groups in total. The molecular formula is C20H20N6O12S2. The second-order valence-corrected chi connectivity index (χ2v) is 10.4. The fourth-order valence-electron chi connectivity index (χ4n) is 3.15. The van der Waals surface area contributed by atoms with Crippen molar-refractivity contribution in [2.45, 2.75) is 24.9 Å². The molecule has 2 atom stereocenters. The van der Waals surface area contributed by atoms with Crippen molar-refractivity contribution in [3.05, 3.63) is 76.9 Å². The Morgan fingerprint density at radius 3 is 1.30 bits per heavy atom. The zero-order valence-corrected chi connectivity index (χ0v) is 21.7. The van der Waals surface area contributed by atoms with Gasteiger partial charge in [-0.15, -0.1) is 0 Å². The number of benzene rings is 2. The van der Waals surface area contributed by atoms with E-state index in [1.165, 1.54) is 21.6 Å². The first-order chi connectivity index (χ1) is 18.8. The van der Waals surface area contributed by atoms with Crippen LogP contribution in [0.2, 0.25) is 0 Å². The first-order valence-corrected chi connectivity index (χ1v) is 13.4. The van der Waals surface area contributed by atoms with Crippen molar-refractivity contribution in [2.24, 2.45) is 0 Å². The van der Waals surface area contributed by atoms with E-state index in [1.54, 1.807) is 0 Å². The van der Waals surface area contributed by atoms with Gasteiger partial charge in [0.1, 0.15) is 23.5 Å². The molecule has 2 rings (SSSR count). The Labute approximate surface area is 231 Å². The molecule has 0 saturated carbocycles. The minimum Gasteiger partial charge on any atom is -0.480 e. The number of carboxylic acid groups (broad SMARTS) is 2. The fourth-order valence-corrected chi connectivity index (χ4v) is 5.34. The SMILES string of the molecule is O=C(O)[C@@H](CCSSCC[C@@H](Nc1ccc([N+](=O)[O-])cc1[N+](=O)[O-])C(=O)O)Nc1ccc([N+](=O)[O-])cc1[N+](=O)[O-]. The number of carbonyl (C=O) groups is 2. The molecule has 0 fully saturated rings. The van der Waals surface area contributed by atoms with E-state index in [0.717, 1.165) is 24.3 Å². The summed E-state index contributed by atoms with van der Waals surface area (Å²) < 4.78 is 0. The molecule has 0 spiro atoms. The number of hydrogen-bond donors (Lipinski definition) is 4. The van der Waals surface area contributed by atoms with Gasteiger partial charge in [-0.05, 0) is 25.0 Å². The minimum absolute atomic E-state index is 0.0171. The molecule has 0 heterocycles. The lowest BCUT2D eigenvalue weighted by molar-refractivity contribution is -0.393. The van der Waals surface area contributed by atoms with Crippen molar-refractivity contribution in [2.75, 3.05) is 22.1 Å². The van der Waals surface area contributed by atoms with Crippen LogP contribution < -0.4 is 10.6 Å². The number of non-ortho nitro benzene ring substituents is 2. The van der Waals surface area contributed by atoms with E-state index in [-0.39, 0.29) is 35.7 Å². The van der Waals surface area contributed by atoms with E-state index >= 15 is 0 Å². The molecule has 2 aromatic carbocycles. The van der Waals surface area contributed by atoms with Gasteiger partial charge in [0, 0.05) is 23.6 Å². The van der Waals surface area contributed by atoms with Crippen molar-refractivity contribution < 1.29 is 39.5 Å². The summed E-state index contributed by atoms with van der Waals surface area (Å²) >= 11 is 0. The Kier molecular flexibility index (Phi) is 11.4. The average molecular weight is 601 g/mol. The van der Waals surface area contributed by atoms with E-state index in [0.29, 0.717) is 12.1 Å². The molecule has 0 unspecified atom stereocenters. The molecule has 214 valence electrons. The quantitative estimate of drug-likeness (QED) is 0.0866. The number of nitro benzene ring substituents is 4. The third-order valence-corrected chi connectivity index (χ3v) is 7.57. The molecule has 0 aromatic heterocycles. The summed E-state index contributed by atoms with van der Waals surface area (Å²) in [5.74, 6) is -2.21. The fraction of sp³-hybridized carbons (Fsp3) is 0.300. The standard InChI is InChI=1S/C20H20N6O12S2/c27-19(28)15(21-13-3-1-11(23(31)32)9-17(13)25(35)36)5-7-39-40-8-6-16(20(29)30)22-14-4-2-12(24(33)34)10-18(14)26(37)38/h1-4,9-10,15-16,21-22H,5-8H2,(H,27,28)(H,29,30)/t15-,16-/m1/s1. The highest BCUT2D eigenvalue weighted by Crippen LogP contribution is 2.32. The van der Waals surface area contributed by atoms with Gasteiger partial charge in [-0.3, -0.25) is 40.5 Å². The van der Waals surface area contributed by atoms with Crippen LogP contribution in [0.5, 0.6) is 0 Å². The predicted octanol–water partition coefficient (Wildman–Crippen LogP) is 3.91. The van der Waals surface area contributed by atoms with Gasteiger partial charge < -0.3 is 20.8 Å². The summed E-state index contributed by atoms with van der Waals surface area (Å²) in [5.41, 5.74) is -2.82. The number of hydrogen-bond acceptors (Lipinski definition) is 14. The monoisotopic (exact) mass is 600 g/mol. The Morgan fingerprint density at radius 2 is 1.02 bits per heavy atom. The van der Waals surface area contributed by atoms with E-state index < -0.39 is 66.5 Å². The van der Waals surface area contributed by atoms with Crippen LogP contribution in [-0.4, -0.2) is 65.4 Å². The Balaban J connectivity index is 1.93. The van der Waals surface area contributed by atoms with Crippen LogP contribution in [0.25, 0.3) is 0 Å². The number of anilines is 2. The molecule has 20 heteroatoms. The van der Waals surface area contributed by atoms with Gasteiger partial charge >= 0.3 is 11.9 Å². The number of nitro groups is 4. The lowest BCUT2D eigenvalue weighted by Gasteiger charge is -2.16. The Bertz CT molecular complexity index is 1230. The van der Waals surface area contributed by atoms with Crippen molar-refractivity contribution in [3.63, 3.8) is 0 Å². The van der Waals surface area contributed by atoms with Crippen molar-refractivity contribution in [1.82, 2.24) is 0 Å². The van der Waals surface area contributed by atoms with Crippen molar-refractivity contribution in [3.8, 4) is 0 Å². The van der Waals surface area contributed by atoms with Crippen LogP contribution in [0, 0.1) is 40.5 Å². The third kappa shape index (κ3) is 8.94. The molecule has 40 heavy (non-hydrogen) atoms. The van der Waals surface area contributed by atoms with Gasteiger partial charge in [0.05, 0.1) is 31.8 Å². The second-order valence-electron chi connectivity index (χ2n) is 7.72. The first kappa shape index (κ1) is 31.5. The molecule has 0 radical (unpaired) electrons. The van der Waals surface area contributed by atoms with Gasteiger partial charge in [0.2, 0.25) is 0 Å². The summed E-state index contributed by atoms with van der Waals surface area (Å²) in [4.78, 5) is 64.2. The normalized spacial score (nSPS) is 12.1. The summed E-state index contributed by atoms with van der Waals surface area (Å²) in [7, 11) is 2.37. The topological polar surface area (TPSA) is 271 Å². The number of rotatable bonds is 17. The second kappa shape index (κ2) is 14.4. The van der Waals surface area contributed by atoms with Crippen LogP contribution in [0.1, 0.15) is 12.8 Å². The Hall–Kier alpha value is -4.72. The van der Waals surface area contributed by atoms with Crippen LogP contribution in [0.15, 0.2) is 36.4 Å². The molecule has 0 aliphatic heterocycles. The molecule has 0 aliphatic rings. The summed E-state index contributed by atoms with van der Waals surface area (Å²) in [6, 6.07) is 2.96. The lowest BCUT2D eigenvalue weighted by atomic mass is 10.2. The number of nitrogens with zero attached hydrogens (tertiary/aromatic N) is 4. The molecule has 18 nitrogen and oxygen atoms in total. The van der Waals surface area contributed by atoms with Gasteiger partial charge in [-0.1, -0.05) is 21.6 Å². The van der Waals surface area contributed by atoms with E-state index in [4.69, 9.17) is 0 Å². The molecule has 0 bridgehead atoms. The predicted molar refractivity (Wildman–Crippen MR) is 144 cm³/mol. The zero-order valence-electron chi connectivity index (χ0n) is 20.0. The molecule has 0 saturated heterocycles. The highest BCUT2D eigenvalue weighted by atomic mass is 33.1. The van der Waals surface area contributed by atoms with E-state index in [2.05, 4.69) is 10.6 Å². The molecule has 2 aromatic rings. The summed E-state index contributed by atoms with van der Waals surface area (Å²) in [5, 5.41) is 68.2. The first-order valence-electron chi connectivity index (χ1n) is 10.9. The lowest BCUT2D eigenvalue weighted by Crippen LogP contribution is -2.30. The van der Waals surface area contributed by atoms with Crippen LogP contribution >= 0.6 is 21.6 Å². The van der Waals surface area contributed by atoms with Gasteiger partial charge in [-0.25, -0.2) is 9.59 Å². The molecule has 0 aliphatic carbocycles. The molecular weight excluding hydrogens is 580 g/mol. The van der Waals surface area contributed by atoms with E-state index in [9.17, 15) is 60.3 Å². The van der Waals surface area contributed by atoms with Crippen LogP contribution in [0.4, 0.5) is 34.1 Å². The highest BCUT2D eigenvalue weighted by Gasteiger charge is 2.26. The number of carboxylic acids is 2. The number of aliphatic carboxylic acids is 2. The summed E-state index contributed by atoms with van der Waals surface area (Å²) in [6.07, 6.45) is -0.0342. The van der Waals surface area contributed by atoms with Gasteiger partial charge in [0.15, 0.2) is 0 Å². The maximum absolute atomic E-state index is 11.6. The summed E-state index contributed by atoms with van der Waals surface area (Å²) in [6.45, 7) is 0. The van der Waals surface area contributed by atoms with Crippen LogP contribution in [-0.2, 0) is 9.59 Å². The van der Waals surface area contributed by atoms with Gasteiger partial charge in [-0.2, -0.15) is 0 Å². The van der Waals surface area contributed by atoms with E-state index in [1.807, 2.05) is 0 Å². The average Bonchev–Trinajstić information content (AvgIpc) is 2.88. The maximum Gasteiger partial charge on any atom is 0.326 e. The van der Waals surface area contributed by atoms with Crippen molar-refractivity contribution in [1.29, 1.82) is 0 Å².